The third-order valence-electron chi connectivity index (χ3n) is 4.97. The number of piperazine rings is 1. The van der Waals surface area contributed by atoms with Gasteiger partial charge in [-0.3, -0.25) is 9.59 Å². The second-order valence-corrected chi connectivity index (χ2v) is 6.67. The fourth-order valence-electron chi connectivity index (χ4n) is 3.76. The third-order valence-corrected chi connectivity index (χ3v) is 4.97. The van der Waals surface area contributed by atoms with Gasteiger partial charge in [0, 0.05) is 6.54 Å². The minimum atomic E-state index is -0.358. The first-order valence-corrected chi connectivity index (χ1v) is 8.76. The summed E-state index contributed by atoms with van der Waals surface area (Å²) in [6.07, 6.45) is 10.4. The van der Waals surface area contributed by atoms with E-state index >= 15 is 0 Å². The molecule has 120 valence electrons. The van der Waals surface area contributed by atoms with E-state index in [0.717, 1.165) is 32.2 Å². The minimum absolute atomic E-state index is 0.0736. The van der Waals surface area contributed by atoms with Crippen LogP contribution in [0.1, 0.15) is 71.6 Å². The molecule has 2 atom stereocenters. The number of nitrogens with one attached hydrogen (secondary N) is 1. The number of nitrogens with zero attached hydrogens (tertiary/aromatic N) is 1. The van der Waals surface area contributed by atoms with Crippen molar-refractivity contribution >= 4 is 11.8 Å². The predicted octanol–water partition coefficient (Wildman–Crippen LogP) is 2.86. The highest BCUT2D eigenvalue weighted by molar-refractivity contribution is 5.96. The normalized spacial score (nSPS) is 27.8. The van der Waals surface area contributed by atoms with Crippen LogP contribution in [0, 0.1) is 5.92 Å². The molecule has 2 aliphatic rings. The summed E-state index contributed by atoms with van der Waals surface area (Å²) in [7, 11) is 0. The van der Waals surface area contributed by atoms with E-state index < -0.39 is 0 Å². The number of unbranched alkanes of at least 4 members (excludes halogenated alkanes) is 3. The molecule has 0 spiro atoms. The predicted molar refractivity (Wildman–Crippen MR) is 83.8 cm³/mol. The van der Waals surface area contributed by atoms with E-state index in [-0.39, 0.29) is 23.9 Å². The van der Waals surface area contributed by atoms with Gasteiger partial charge in [-0.2, -0.15) is 0 Å². The summed E-state index contributed by atoms with van der Waals surface area (Å²) in [5.41, 5.74) is 0. The molecular weight excluding hydrogens is 264 g/mol. The maximum Gasteiger partial charge on any atom is 0.245 e. The van der Waals surface area contributed by atoms with Crippen molar-refractivity contribution in [2.75, 3.05) is 6.54 Å². The quantitative estimate of drug-likeness (QED) is 0.766. The molecular formula is C17H30N2O2. The number of hydrogen-bond acceptors (Lipinski definition) is 2. The smallest absolute Gasteiger partial charge is 0.245 e. The van der Waals surface area contributed by atoms with Crippen LogP contribution in [0.4, 0.5) is 0 Å². The molecule has 4 nitrogen and oxygen atoms in total. The van der Waals surface area contributed by atoms with Gasteiger partial charge in [0.25, 0.3) is 0 Å². The van der Waals surface area contributed by atoms with Crippen molar-refractivity contribution < 1.29 is 9.59 Å². The average Bonchev–Trinajstić information content (AvgIpc) is 2.49. The lowest BCUT2D eigenvalue weighted by molar-refractivity contribution is -0.151. The van der Waals surface area contributed by atoms with Crippen molar-refractivity contribution in [2.45, 2.75) is 83.7 Å². The number of carbonyl (C=O) groups is 2. The average molecular weight is 294 g/mol. The fraction of sp³-hybridized carbons (Fsp3) is 0.882. The maximum atomic E-state index is 12.5. The minimum Gasteiger partial charge on any atom is -0.343 e. The van der Waals surface area contributed by atoms with Gasteiger partial charge in [0.2, 0.25) is 11.8 Å². The topological polar surface area (TPSA) is 49.4 Å². The Morgan fingerprint density at radius 3 is 2.48 bits per heavy atom. The summed E-state index contributed by atoms with van der Waals surface area (Å²) in [6, 6.07) is -0.570. The number of hydrogen-bond donors (Lipinski definition) is 1. The molecule has 2 unspecified atom stereocenters. The molecule has 21 heavy (non-hydrogen) atoms. The van der Waals surface area contributed by atoms with Crippen LogP contribution < -0.4 is 5.32 Å². The monoisotopic (exact) mass is 294 g/mol. The van der Waals surface area contributed by atoms with E-state index in [1.165, 1.54) is 32.1 Å². The van der Waals surface area contributed by atoms with Gasteiger partial charge in [-0.15, -0.1) is 0 Å². The molecule has 2 fully saturated rings. The Bertz CT molecular complexity index is 364. The van der Waals surface area contributed by atoms with Crippen molar-refractivity contribution in [3.8, 4) is 0 Å². The Kier molecular flexibility index (Phi) is 6.07. The Hall–Kier alpha value is -1.06. The Balaban J connectivity index is 2.04. The van der Waals surface area contributed by atoms with Crippen molar-refractivity contribution in [2.24, 2.45) is 5.92 Å². The van der Waals surface area contributed by atoms with E-state index in [9.17, 15) is 9.59 Å². The van der Waals surface area contributed by atoms with Gasteiger partial charge in [0.15, 0.2) is 0 Å². The van der Waals surface area contributed by atoms with Gasteiger partial charge in [-0.25, -0.2) is 0 Å². The molecule has 0 aromatic carbocycles. The lowest BCUT2D eigenvalue weighted by Crippen LogP contribution is -2.64. The summed E-state index contributed by atoms with van der Waals surface area (Å²) in [6.45, 7) is 4.74. The van der Waals surface area contributed by atoms with Crippen LogP contribution >= 0.6 is 0 Å². The molecule has 4 heteroatoms. The zero-order chi connectivity index (χ0) is 15.2. The van der Waals surface area contributed by atoms with E-state index in [2.05, 4.69) is 12.2 Å². The Morgan fingerprint density at radius 2 is 1.81 bits per heavy atom. The van der Waals surface area contributed by atoms with Crippen molar-refractivity contribution in [3.05, 3.63) is 0 Å². The number of rotatable bonds is 6. The first-order chi connectivity index (χ1) is 10.1. The van der Waals surface area contributed by atoms with Crippen molar-refractivity contribution in [1.82, 2.24) is 10.2 Å². The van der Waals surface area contributed by atoms with Gasteiger partial charge >= 0.3 is 0 Å². The fourth-order valence-corrected chi connectivity index (χ4v) is 3.76. The molecule has 1 heterocycles. The molecule has 1 aliphatic carbocycles. The highest BCUT2D eigenvalue weighted by Gasteiger charge is 2.42. The summed E-state index contributed by atoms with van der Waals surface area (Å²) in [4.78, 5) is 26.8. The zero-order valence-electron chi connectivity index (χ0n) is 13.6. The summed E-state index contributed by atoms with van der Waals surface area (Å²) in [5.74, 6) is 0.549. The summed E-state index contributed by atoms with van der Waals surface area (Å²) < 4.78 is 0. The SMILES string of the molecule is CCCCCCN1C(=O)C(C)NC(=O)C1C1CCCCC1. The molecule has 1 saturated carbocycles. The second-order valence-electron chi connectivity index (χ2n) is 6.67. The first-order valence-electron chi connectivity index (χ1n) is 8.76. The maximum absolute atomic E-state index is 12.5. The van der Waals surface area contributed by atoms with E-state index in [1.54, 1.807) is 6.92 Å². The standard InChI is InChI=1S/C17H30N2O2/c1-3-4-5-9-12-19-15(14-10-7-6-8-11-14)16(20)18-13(2)17(19)21/h13-15H,3-12H2,1-2H3,(H,18,20). The van der Waals surface area contributed by atoms with Crippen molar-refractivity contribution in [3.63, 3.8) is 0 Å². The van der Waals surface area contributed by atoms with E-state index in [4.69, 9.17) is 0 Å². The van der Waals surface area contributed by atoms with Crippen LogP contribution in [0.25, 0.3) is 0 Å². The van der Waals surface area contributed by atoms with Gasteiger partial charge in [-0.1, -0.05) is 45.4 Å². The summed E-state index contributed by atoms with van der Waals surface area (Å²) >= 11 is 0. The van der Waals surface area contributed by atoms with Gasteiger partial charge in [0.05, 0.1) is 0 Å². The van der Waals surface area contributed by atoms with Crippen LogP contribution in [-0.4, -0.2) is 35.3 Å². The lowest BCUT2D eigenvalue weighted by Gasteiger charge is -2.42. The Morgan fingerprint density at radius 1 is 1.10 bits per heavy atom. The molecule has 2 amide bonds. The van der Waals surface area contributed by atoms with Crippen LogP contribution in [0.5, 0.6) is 0 Å². The number of amides is 2. The largest absolute Gasteiger partial charge is 0.343 e. The molecule has 0 aromatic heterocycles. The van der Waals surface area contributed by atoms with Crippen LogP contribution in [0.15, 0.2) is 0 Å². The zero-order valence-corrected chi connectivity index (χ0v) is 13.6. The Labute approximate surface area is 128 Å². The van der Waals surface area contributed by atoms with Gasteiger partial charge in [-0.05, 0) is 32.1 Å². The first kappa shape index (κ1) is 16.3. The third kappa shape index (κ3) is 3.98. The van der Waals surface area contributed by atoms with Crippen molar-refractivity contribution in [1.29, 1.82) is 0 Å². The summed E-state index contributed by atoms with van der Waals surface area (Å²) in [5, 5.41) is 2.88. The molecule has 0 bridgehead atoms. The molecule has 1 saturated heterocycles. The van der Waals surface area contributed by atoms with E-state index in [0.29, 0.717) is 5.92 Å². The molecule has 0 aromatic rings. The van der Waals surface area contributed by atoms with Crippen LogP contribution in [0.3, 0.4) is 0 Å². The molecule has 2 rings (SSSR count). The second kappa shape index (κ2) is 7.81. The van der Waals surface area contributed by atoms with Gasteiger partial charge < -0.3 is 10.2 Å². The van der Waals surface area contributed by atoms with Crippen LogP contribution in [0.2, 0.25) is 0 Å². The van der Waals surface area contributed by atoms with Gasteiger partial charge in [0.1, 0.15) is 12.1 Å². The molecule has 1 aliphatic heterocycles. The highest BCUT2D eigenvalue weighted by Crippen LogP contribution is 2.31. The lowest BCUT2D eigenvalue weighted by atomic mass is 9.81. The van der Waals surface area contributed by atoms with E-state index in [1.807, 2.05) is 4.90 Å². The van der Waals surface area contributed by atoms with Crippen LogP contribution in [-0.2, 0) is 9.59 Å². The highest BCUT2D eigenvalue weighted by atomic mass is 16.2. The molecule has 0 radical (unpaired) electrons. The molecule has 1 N–H and O–H groups in total. The number of carbonyl (C=O) groups excluding carboxylic acids is 2.